The van der Waals surface area contributed by atoms with Crippen molar-refractivity contribution in [3.63, 3.8) is 0 Å². The number of hydrogen-bond donors (Lipinski definition) is 1. The SMILES string of the molecule is Cn1c(=O)n(C)c2cc(NC(=O)c3ccc([C@@H]4SCC(=O)N4CCc4ccccc4)cc3)ccc21. The summed E-state index contributed by atoms with van der Waals surface area (Å²) in [5.41, 5.74) is 4.81. The van der Waals surface area contributed by atoms with Crippen molar-refractivity contribution >= 4 is 40.3 Å². The summed E-state index contributed by atoms with van der Waals surface area (Å²) in [5.74, 6) is 0.378. The molecule has 0 bridgehead atoms. The Morgan fingerprint density at radius 2 is 1.66 bits per heavy atom. The number of nitrogens with zero attached hydrogens (tertiary/aromatic N) is 3. The summed E-state index contributed by atoms with van der Waals surface area (Å²) in [6, 6.07) is 23.0. The molecule has 4 aromatic rings. The quantitative estimate of drug-likeness (QED) is 0.448. The van der Waals surface area contributed by atoms with Crippen LogP contribution in [-0.4, -0.2) is 38.1 Å². The van der Waals surface area contributed by atoms with Gasteiger partial charge in [-0.3, -0.25) is 18.7 Å². The molecule has 1 fully saturated rings. The van der Waals surface area contributed by atoms with Gasteiger partial charge in [-0.25, -0.2) is 4.79 Å². The number of anilines is 1. The van der Waals surface area contributed by atoms with Gasteiger partial charge in [0.2, 0.25) is 5.91 Å². The summed E-state index contributed by atoms with van der Waals surface area (Å²) in [6.07, 6.45) is 0.807. The molecule has 178 valence electrons. The maximum atomic E-state index is 12.9. The van der Waals surface area contributed by atoms with Crippen LogP contribution in [-0.2, 0) is 25.3 Å². The standard InChI is InChI=1S/C27H26N4O3S/c1-29-22-13-12-21(16-23(22)30(2)27(29)34)28-25(33)19-8-10-20(11-9-19)26-31(24(32)17-35-26)15-14-18-6-4-3-5-7-18/h3-13,16,26H,14-15,17H2,1-2H3,(H,28,33)/t26-/m0/s1. The molecule has 2 amide bonds. The van der Waals surface area contributed by atoms with E-state index in [9.17, 15) is 14.4 Å². The number of nitrogens with one attached hydrogen (secondary N) is 1. The summed E-state index contributed by atoms with van der Waals surface area (Å²) in [5, 5.41) is 2.87. The second kappa shape index (κ2) is 9.46. The van der Waals surface area contributed by atoms with Crippen molar-refractivity contribution in [2.24, 2.45) is 14.1 Å². The average molecular weight is 487 g/mol. The molecule has 1 N–H and O–H groups in total. The van der Waals surface area contributed by atoms with E-state index >= 15 is 0 Å². The van der Waals surface area contributed by atoms with E-state index in [1.807, 2.05) is 41.3 Å². The van der Waals surface area contributed by atoms with Crippen LogP contribution in [0.4, 0.5) is 5.69 Å². The highest BCUT2D eigenvalue weighted by molar-refractivity contribution is 8.00. The zero-order valence-electron chi connectivity index (χ0n) is 19.6. The van der Waals surface area contributed by atoms with Gasteiger partial charge in [0.05, 0.1) is 16.8 Å². The van der Waals surface area contributed by atoms with Gasteiger partial charge in [-0.05, 0) is 47.9 Å². The number of carbonyl (C=O) groups is 2. The Kier molecular flexibility index (Phi) is 6.21. The number of aryl methyl sites for hydroxylation is 2. The highest BCUT2D eigenvalue weighted by Crippen LogP contribution is 2.38. The molecule has 0 radical (unpaired) electrons. The Bertz CT molecular complexity index is 1460. The van der Waals surface area contributed by atoms with Crippen LogP contribution in [0.5, 0.6) is 0 Å². The summed E-state index contributed by atoms with van der Waals surface area (Å²) < 4.78 is 3.14. The molecule has 0 unspecified atom stereocenters. The third kappa shape index (κ3) is 4.49. The molecular formula is C27H26N4O3S. The summed E-state index contributed by atoms with van der Waals surface area (Å²) in [4.78, 5) is 39.5. The second-order valence-electron chi connectivity index (χ2n) is 8.67. The van der Waals surface area contributed by atoms with Crippen molar-refractivity contribution in [1.82, 2.24) is 14.0 Å². The van der Waals surface area contributed by atoms with E-state index in [2.05, 4.69) is 17.4 Å². The molecule has 3 aromatic carbocycles. The van der Waals surface area contributed by atoms with Gasteiger partial charge < -0.3 is 10.2 Å². The average Bonchev–Trinajstić information content (AvgIpc) is 3.35. The first-order valence-electron chi connectivity index (χ1n) is 11.4. The van der Waals surface area contributed by atoms with Gasteiger partial charge in [-0.2, -0.15) is 0 Å². The fourth-order valence-electron chi connectivity index (χ4n) is 4.45. The zero-order chi connectivity index (χ0) is 24.5. The molecule has 1 aliphatic rings. The van der Waals surface area contributed by atoms with Crippen molar-refractivity contribution in [3.8, 4) is 0 Å². The predicted octanol–water partition coefficient (Wildman–Crippen LogP) is 3.95. The van der Waals surface area contributed by atoms with E-state index in [1.165, 1.54) is 5.56 Å². The number of thioether (sulfide) groups is 1. The van der Waals surface area contributed by atoms with Crippen LogP contribution >= 0.6 is 11.8 Å². The van der Waals surface area contributed by atoms with E-state index in [1.54, 1.807) is 59.3 Å². The predicted molar refractivity (Wildman–Crippen MR) is 140 cm³/mol. The van der Waals surface area contributed by atoms with Crippen LogP contribution < -0.4 is 11.0 Å². The minimum absolute atomic E-state index is 0.0508. The molecular weight excluding hydrogens is 460 g/mol. The van der Waals surface area contributed by atoms with Crippen molar-refractivity contribution < 1.29 is 9.59 Å². The molecule has 0 saturated carbocycles. The second-order valence-corrected chi connectivity index (χ2v) is 9.73. The number of imidazole rings is 1. The van der Waals surface area contributed by atoms with Crippen LogP contribution in [0.15, 0.2) is 77.6 Å². The number of aromatic nitrogens is 2. The van der Waals surface area contributed by atoms with Gasteiger partial charge in [-0.1, -0.05) is 42.5 Å². The lowest BCUT2D eigenvalue weighted by Gasteiger charge is -2.24. The molecule has 35 heavy (non-hydrogen) atoms. The highest BCUT2D eigenvalue weighted by atomic mass is 32.2. The number of rotatable bonds is 6. The van der Waals surface area contributed by atoms with E-state index in [4.69, 9.17) is 0 Å². The number of fused-ring (bicyclic) bond motifs is 1. The summed E-state index contributed by atoms with van der Waals surface area (Å²) in [7, 11) is 3.44. The number of amides is 2. The molecule has 0 spiro atoms. The molecule has 1 aliphatic heterocycles. The molecule has 7 nitrogen and oxygen atoms in total. The minimum Gasteiger partial charge on any atom is -0.326 e. The normalized spacial score (nSPS) is 15.7. The highest BCUT2D eigenvalue weighted by Gasteiger charge is 2.32. The van der Waals surface area contributed by atoms with E-state index in [0.29, 0.717) is 23.5 Å². The Morgan fingerprint density at radius 1 is 0.943 bits per heavy atom. The molecule has 2 heterocycles. The van der Waals surface area contributed by atoms with Crippen molar-refractivity contribution in [1.29, 1.82) is 0 Å². The van der Waals surface area contributed by atoms with Crippen LogP contribution in [0.25, 0.3) is 11.0 Å². The van der Waals surface area contributed by atoms with Gasteiger partial charge >= 0.3 is 5.69 Å². The largest absolute Gasteiger partial charge is 0.328 e. The lowest BCUT2D eigenvalue weighted by atomic mass is 10.1. The van der Waals surface area contributed by atoms with Gasteiger partial charge in [0.1, 0.15) is 5.37 Å². The first-order valence-corrected chi connectivity index (χ1v) is 12.5. The fraction of sp³-hybridized carbons (Fsp3) is 0.222. The number of carbonyl (C=O) groups excluding carboxylic acids is 2. The van der Waals surface area contributed by atoms with E-state index in [-0.39, 0.29) is 22.9 Å². The zero-order valence-corrected chi connectivity index (χ0v) is 20.4. The van der Waals surface area contributed by atoms with Crippen molar-refractivity contribution in [2.75, 3.05) is 17.6 Å². The molecule has 1 aromatic heterocycles. The third-order valence-electron chi connectivity index (χ3n) is 6.44. The lowest BCUT2D eigenvalue weighted by Crippen LogP contribution is -2.30. The molecule has 8 heteroatoms. The molecule has 1 atom stereocenters. The van der Waals surface area contributed by atoms with E-state index < -0.39 is 0 Å². The summed E-state index contributed by atoms with van der Waals surface area (Å²) in [6.45, 7) is 0.660. The first kappa shape index (κ1) is 23.0. The molecule has 0 aliphatic carbocycles. The lowest BCUT2D eigenvalue weighted by molar-refractivity contribution is -0.128. The van der Waals surface area contributed by atoms with Gasteiger partial charge in [0.25, 0.3) is 5.91 Å². The van der Waals surface area contributed by atoms with Crippen LogP contribution in [0.1, 0.15) is 26.9 Å². The molecule has 1 saturated heterocycles. The first-order chi connectivity index (χ1) is 16.9. The Balaban J connectivity index is 1.28. The molecule has 5 rings (SSSR count). The Labute approximate surface area is 207 Å². The van der Waals surface area contributed by atoms with Crippen LogP contribution in [0, 0.1) is 0 Å². The Hall–Kier alpha value is -3.78. The van der Waals surface area contributed by atoms with Gasteiger partial charge in [-0.15, -0.1) is 11.8 Å². The van der Waals surface area contributed by atoms with Gasteiger partial charge in [0, 0.05) is 31.9 Å². The van der Waals surface area contributed by atoms with Crippen LogP contribution in [0.3, 0.4) is 0 Å². The van der Waals surface area contributed by atoms with E-state index in [0.717, 1.165) is 23.0 Å². The van der Waals surface area contributed by atoms with Crippen molar-refractivity contribution in [2.45, 2.75) is 11.8 Å². The maximum absolute atomic E-state index is 12.9. The summed E-state index contributed by atoms with van der Waals surface area (Å²) >= 11 is 1.62. The Morgan fingerprint density at radius 3 is 2.40 bits per heavy atom. The topological polar surface area (TPSA) is 76.3 Å². The number of benzene rings is 3. The van der Waals surface area contributed by atoms with Gasteiger partial charge in [0.15, 0.2) is 0 Å². The minimum atomic E-state index is -0.229. The fourth-order valence-corrected chi connectivity index (χ4v) is 5.67. The third-order valence-corrected chi connectivity index (χ3v) is 7.70. The maximum Gasteiger partial charge on any atom is 0.328 e. The monoisotopic (exact) mass is 486 g/mol. The smallest absolute Gasteiger partial charge is 0.326 e. The number of hydrogen-bond acceptors (Lipinski definition) is 4. The van der Waals surface area contributed by atoms with Crippen LogP contribution in [0.2, 0.25) is 0 Å². The van der Waals surface area contributed by atoms with Crippen molar-refractivity contribution in [3.05, 3.63) is 100.0 Å².